The van der Waals surface area contributed by atoms with Gasteiger partial charge in [-0.3, -0.25) is 9.20 Å². The second kappa shape index (κ2) is 8.66. The Bertz CT molecular complexity index is 1110. The molecule has 1 amide bonds. The summed E-state index contributed by atoms with van der Waals surface area (Å²) in [5.74, 6) is -2.28. The summed E-state index contributed by atoms with van der Waals surface area (Å²) in [4.78, 5) is 20.7. The third-order valence-electron chi connectivity index (χ3n) is 5.41. The van der Waals surface area contributed by atoms with E-state index >= 15 is 0 Å². The maximum atomic E-state index is 14.6. The third kappa shape index (κ3) is 4.41. The molecule has 0 radical (unpaired) electrons. The topological polar surface area (TPSA) is 71.3 Å². The van der Waals surface area contributed by atoms with Crippen LogP contribution in [-0.2, 0) is 6.42 Å². The van der Waals surface area contributed by atoms with Crippen molar-refractivity contribution in [3.63, 3.8) is 0 Å². The van der Waals surface area contributed by atoms with Crippen LogP contribution in [0.5, 0.6) is 0 Å². The van der Waals surface area contributed by atoms with Crippen molar-refractivity contribution in [2.75, 3.05) is 13.1 Å². The first kappa shape index (κ1) is 21.3. The van der Waals surface area contributed by atoms with Crippen molar-refractivity contribution in [3.05, 3.63) is 53.5 Å². The molecule has 4 heterocycles. The first-order chi connectivity index (χ1) is 14.8. The quantitative estimate of drug-likeness (QED) is 0.650. The highest BCUT2D eigenvalue weighted by molar-refractivity contribution is 5.95. The van der Waals surface area contributed by atoms with Crippen LogP contribution in [-0.4, -0.2) is 45.6 Å². The van der Waals surface area contributed by atoms with E-state index < -0.39 is 23.7 Å². The number of nitrogens with zero attached hydrogens (tertiary/aromatic N) is 3. The number of hydrogen-bond acceptors (Lipinski definition) is 4. The first-order valence-electron chi connectivity index (χ1n) is 10.3. The second-order valence-electron chi connectivity index (χ2n) is 8.14. The van der Waals surface area contributed by atoms with Gasteiger partial charge in [0.25, 0.3) is 5.91 Å². The van der Waals surface area contributed by atoms with Crippen LogP contribution in [0.2, 0.25) is 0 Å². The number of piperidine rings is 1. The maximum absolute atomic E-state index is 14.6. The van der Waals surface area contributed by atoms with Gasteiger partial charge in [-0.2, -0.15) is 0 Å². The van der Waals surface area contributed by atoms with Gasteiger partial charge in [0.15, 0.2) is 5.82 Å². The summed E-state index contributed by atoms with van der Waals surface area (Å²) in [7, 11) is 0. The van der Waals surface area contributed by atoms with Crippen LogP contribution in [0.1, 0.15) is 36.3 Å². The molecule has 3 aromatic heterocycles. The molecule has 1 fully saturated rings. The Morgan fingerprint density at radius 3 is 2.87 bits per heavy atom. The van der Waals surface area contributed by atoms with E-state index in [9.17, 15) is 18.0 Å². The van der Waals surface area contributed by atoms with E-state index in [4.69, 9.17) is 0 Å². The molecule has 2 atom stereocenters. The van der Waals surface area contributed by atoms with E-state index in [1.165, 1.54) is 6.20 Å². The summed E-state index contributed by atoms with van der Waals surface area (Å²) in [6.45, 7) is 4.73. The van der Waals surface area contributed by atoms with E-state index in [2.05, 4.69) is 20.6 Å². The molecule has 0 aromatic carbocycles. The molecule has 2 N–H and O–H groups in total. The summed E-state index contributed by atoms with van der Waals surface area (Å²) in [5.41, 5.74) is 1.13. The fourth-order valence-corrected chi connectivity index (χ4v) is 3.81. The lowest BCUT2D eigenvalue weighted by Gasteiger charge is -2.26. The van der Waals surface area contributed by atoms with Gasteiger partial charge in [-0.15, -0.1) is 0 Å². The molecule has 0 aliphatic carbocycles. The molecule has 6 nitrogen and oxygen atoms in total. The standard InChI is InChI=1S/C22H24F3N5O/c1-12(2)28-22(31)13-4-6-30-19(11-27-20(30)8-13)21-17(25)9-16(24)18(29-21)7-14-10-26-5-3-15(14)23/h4,6,8-9,11-12,14-15,26H,3,5,7,10H2,1-2H3,(H,28,31)/t14-,15-/m0/s1. The number of nitrogens with one attached hydrogen (secondary N) is 2. The molecular weight excluding hydrogens is 407 g/mol. The number of carbonyl (C=O) groups is 1. The van der Waals surface area contributed by atoms with E-state index in [0.717, 1.165) is 6.07 Å². The number of amides is 1. The van der Waals surface area contributed by atoms with Crippen LogP contribution in [0.25, 0.3) is 17.0 Å². The molecule has 0 saturated carbocycles. The molecule has 1 aliphatic rings. The predicted octanol–water partition coefficient (Wildman–Crippen LogP) is 3.30. The molecule has 4 rings (SSSR count). The normalized spacial score (nSPS) is 19.2. The lowest BCUT2D eigenvalue weighted by atomic mass is 9.92. The zero-order chi connectivity index (χ0) is 22.1. The third-order valence-corrected chi connectivity index (χ3v) is 5.41. The van der Waals surface area contributed by atoms with Gasteiger partial charge in [0.05, 0.1) is 17.6 Å². The van der Waals surface area contributed by atoms with Crippen molar-refractivity contribution < 1.29 is 18.0 Å². The summed E-state index contributed by atoms with van der Waals surface area (Å²) in [6.07, 6.45) is 2.40. The van der Waals surface area contributed by atoms with Crippen LogP contribution >= 0.6 is 0 Å². The fourth-order valence-electron chi connectivity index (χ4n) is 3.81. The summed E-state index contributed by atoms with van der Waals surface area (Å²) < 4.78 is 44.8. The highest BCUT2D eigenvalue weighted by Crippen LogP contribution is 2.27. The number of rotatable bonds is 5. The van der Waals surface area contributed by atoms with E-state index in [0.29, 0.717) is 36.4 Å². The van der Waals surface area contributed by atoms with Crippen molar-refractivity contribution in [1.82, 2.24) is 25.0 Å². The number of imidazole rings is 1. The van der Waals surface area contributed by atoms with Gasteiger partial charge in [-0.1, -0.05) is 0 Å². The van der Waals surface area contributed by atoms with Gasteiger partial charge in [-0.05, 0) is 45.4 Å². The molecule has 3 aromatic rings. The number of alkyl halides is 1. The SMILES string of the molecule is CC(C)NC(=O)c1ccn2c(-c3nc(C[C@H]4CNCC[C@@H]4F)c(F)cc3F)cnc2c1. The van der Waals surface area contributed by atoms with Crippen LogP contribution in [0.4, 0.5) is 13.2 Å². The van der Waals surface area contributed by atoms with Crippen molar-refractivity contribution in [3.8, 4) is 11.4 Å². The second-order valence-corrected chi connectivity index (χ2v) is 8.14. The highest BCUT2D eigenvalue weighted by Gasteiger charge is 2.27. The van der Waals surface area contributed by atoms with Crippen molar-refractivity contribution in [2.24, 2.45) is 5.92 Å². The van der Waals surface area contributed by atoms with E-state index in [1.54, 1.807) is 22.7 Å². The molecule has 1 aliphatic heterocycles. The molecule has 9 heteroatoms. The minimum Gasteiger partial charge on any atom is -0.350 e. The molecule has 0 unspecified atom stereocenters. The Balaban J connectivity index is 1.68. The van der Waals surface area contributed by atoms with Crippen molar-refractivity contribution in [1.29, 1.82) is 0 Å². The number of aromatic nitrogens is 3. The van der Waals surface area contributed by atoms with Gasteiger partial charge in [0, 0.05) is 36.3 Å². The molecule has 1 saturated heterocycles. The Hall–Kier alpha value is -2.94. The summed E-state index contributed by atoms with van der Waals surface area (Å²) in [5, 5.41) is 5.90. The maximum Gasteiger partial charge on any atom is 0.251 e. The largest absolute Gasteiger partial charge is 0.350 e. The minimum atomic E-state index is -1.05. The van der Waals surface area contributed by atoms with Crippen LogP contribution in [0, 0.1) is 17.6 Å². The van der Waals surface area contributed by atoms with Crippen LogP contribution in [0.15, 0.2) is 30.6 Å². The Labute approximate surface area is 177 Å². The Morgan fingerprint density at radius 1 is 1.32 bits per heavy atom. The monoisotopic (exact) mass is 431 g/mol. The Kier molecular flexibility index (Phi) is 5.95. The predicted molar refractivity (Wildman–Crippen MR) is 111 cm³/mol. The van der Waals surface area contributed by atoms with Crippen molar-refractivity contribution in [2.45, 2.75) is 38.9 Å². The van der Waals surface area contributed by atoms with E-state index in [1.807, 2.05) is 13.8 Å². The number of hydrogen-bond donors (Lipinski definition) is 2. The van der Waals surface area contributed by atoms with Gasteiger partial charge >= 0.3 is 0 Å². The van der Waals surface area contributed by atoms with Gasteiger partial charge in [0.1, 0.15) is 23.3 Å². The average Bonchev–Trinajstić information content (AvgIpc) is 3.14. The van der Waals surface area contributed by atoms with Crippen LogP contribution in [0.3, 0.4) is 0 Å². The molecule has 0 bridgehead atoms. The van der Waals surface area contributed by atoms with E-state index in [-0.39, 0.29) is 29.8 Å². The Morgan fingerprint density at radius 2 is 2.13 bits per heavy atom. The molecule has 164 valence electrons. The lowest BCUT2D eigenvalue weighted by Crippen LogP contribution is -2.39. The minimum absolute atomic E-state index is 0.0155. The highest BCUT2D eigenvalue weighted by atomic mass is 19.1. The first-order valence-corrected chi connectivity index (χ1v) is 10.3. The fraction of sp³-hybridized carbons (Fsp3) is 0.409. The summed E-state index contributed by atoms with van der Waals surface area (Å²) >= 11 is 0. The van der Waals surface area contributed by atoms with Crippen molar-refractivity contribution >= 4 is 11.6 Å². The zero-order valence-corrected chi connectivity index (χ0v) is 17.3. The van der Waals surface area contributed by atoms with Gasteiger partial charge in [-0.25, -0.2) is 23.1 Å². The smallest absolute Gasteiger partial charge is 0.251 e. The number of carbonyl (C=O) groups excluding carboxylic acids is 1. The molecule has 0 spiro atoms. The number of fused-ring (bicyclic) bond motifs is 1. The van der Waals surface area contributed by atoms with Gasteiger partial charge in [0.2, 0.25) is 0 Å². The number of pyridine rings is 2. The van der Waals surface area contributed by atoms with Gasteiger partial charge < -0.3 is 10.6 Å². The molecular formula is C22H24F3N5O. The number of halogens is 3. The van der Waals surface area contributed by atoms with Crippen LogP contribution < -0.4 is 10.6 Å². The molecule has 31 heavy (non-hydrogen) atoms. The lowest BCUT2D eigenvalue weighted by molar-refractivity contribution is 0.0943. The zero-order valence-electron chi connectivity index (χ0n) is 17.3. The average molecular weight is 431 g/mol. The summed E-state index contributed by atoms with van der Waals surface area (Å²) in [6, 6.07) is 3.95.